The maximum absolute atomic E-state index is 14.0. The number of methoxy groups -OCH3 is 1. The molecule has 4 heterocycles. The van der Waals surface area contributed by atoms with Crippen molar-refractivity contribution in [2.75, 3.05) is 33.4 Å². The number of halogens is 1. The van der Waals surface area contributed by atoms with Gasteiger partial charge < -0.3 is 24.8 Å². The van der Waals surface area contributed by atoms with E-state index in [2.05, 4.69) is 32.3 Å². The number of benzene rings is 1. The van der Waals surface area contributed by atoms with E-state index in [0.717, 1.165) is 42.6 Å². The average molecular weight is 478 g/mol. The second-order valence-electron chi connectivity index (χ2n) is 9.05. The van der Waals surface area contributed by atoms with Crippen LogP contribution in [0.15, 0.2) is 30.5 Å². The Morgan fingerprint density at radius 1 is 1.37 bits per heavy atom. The Bertz CT molecular complexity index is 1280. The van der Waals surface area contributed by atoms with Crippen LogP contribution in [-0.4, -0.2) is 65.5 Å². The maximum Gasteiger partial charge on any atom is 0.250 e. The number of aliphatic hydroxyl groups is 1. The molecule has 0 aliphatic carbocycles. The number of hydrogen-bond donors (Lipinski definition) is 2. The first-order valence-electron chi connectivity index (χ1n) is 11.9. The summed E-state index contributed by atoms with van der Waals surface area (Å²) in [6, 6.07) is 9.41. The topological polar surface area (TPSA) is 104 Å². The van der Waals surface area contributed by atoms with Crippen LogP contribution in [0.1, 0.15) is 28.7 Å². The van der Waals surface area contributed by atoms with E-state index in [1.807, 2.05) is 12.1 Å². The number of hydrogen-bond acceptors (Lipinski definition) is 8. The molecule has 9 heteroatoms. The number of fused-ring (bicyclic) bond motifs is 2. The minimum Gasteiger partial charge on any atom is -0.492 e. The van der Waals surface area contributed by atoms with Crippen LogP contribution in [0.5, 0.6) is 11.6 Å². The van der Waals surface area contributed by atoms with Crippen molar-refractivity contribution in [3.8, 4) is 17.7 Å². The summed E-state index contributed by atoms with van der Waals surface area (Å²) in [7, 11) is 1.40. The van der Waals surface area contributed by atoms with Gasteiger partial charge in [0.05, 0.1) is 36.4 Å². The van der Waals surface area contributed by atoms with Crippen molar-refractivity contribution in [2.24, 2.45) is 0 Å². The van der Waals surface area contributed by atoms with Crippen molar-refractivity contribution in [3.63, 3.8) is 0 Å². The molecule has 0 amide bonds. The summed E-state index contributed by atoms with van der Waals surface area (Å²) in [4.78, 5) is 10.8. The van der Waals surface area contributed by atoms with Crippen molar-refractivity contribution >= 4 is 11.0 Å². The van der Waals surface area contributed by atoms with Crippen molar-refractivity contribution in [2.45, 2.75) is 38.0 Å². The van der Waals surface area contributed by atoms with E-state index in [-0.39, 0.29) is 11.9 Å². The Balaban J connectivity index is 1.17. The Morgan fingerprint density at radius 2 is 2.26 bits per heavy atom. The SMILES string of the molecule is COc1nc2c(CCN3CC[C@@H](NCc4cc(C#N)c5c(c4)CCO5)[C@@H](O)C3)ccnc2cc1F. The van der Waals surface area contributed by atoms with Gasteiger partial charge in [-0.2, -0.15) is 5.26 Å². The number of likely N-dealkylation sites (tertiary alicyclic amines) is 1. The number of β-amino-alcohol motifs (C(OH)–C–C–N with tert-alkyl or cyclic N) is 1. The van der Waals surface area contributed by atoms with Gasteiger partial charge in [-0.25, -0.2) is 9.37 Å². The number of aliphatic hydroxyl groups excluding tert-OH is 1. The summed E-state index contributed by atoms with van der Waals surface area (Å²) < 4.78 is 24.6. The first kappa shape index (κ1) is 23.4. The van der Waals surface area contributed by atoms with Crippen LogP contribution in [0.25, 0.3) is 11.0 Å². The Morgan fingerprint density at radius 3 is 3.06 bits per heavy atom. The summed E-state index contributed by atoms with van der Waals surface area (Å²) >= 11 is 0. The van der Waals surface area contributed by atoms with Gasteiger partial charge in [0.1, 0.15) is 11.8 Å². The van der Waals surface area contributed by atoms with Crippen molar-refractivity contribution in [1.29, 1.82) is 5.26 Å². The summed E-state index contributed by atoms with van der Waals surface area (Å²) in [5.74, 6) is 0.150. The summed E-state index contributed by atoms with van der Waals surface area (Å²) in [6.07, 6.45) is 3.51. The lowest BCUT2D eigenvalue weighted by molar-refractivity contribution is 0.0404. The molecule has 35 heavy (non-hydrogen) atoms. The van der Waals surface area contributed by atoms with Crippen molar-refractivity contribution in [1.82, 2.24) is 20.2 Å². The van der Waals surface area contributed by atoms with Crippen LogP contribution in [0.3, 0.4) is 0 Å². The quantitative estimate of drug-likeness (QED) is 0.535. The second kappa shape index (κ2) is 10.1. The predicted octanol–water partition coefficient (Wildman–Crippen LogP) is 2.35. The van der Waals surface area contributed by atoms with Gasteiger partial charge in [0.15, 0.2) is 5.82 Å². The molecular formula is C26H28FN5O3. The molecule has 8 nitrogen and oxygen atoms in total. The minimum absolute atomic E-state index is 0.0167. The van der Waals surface area contributed by atoms with Crippen LogP contribution in [0.4, 0.5) is 4.39 Å². The van der Waals surface area contributed by atoms with Gasteiger partial charge in [-0.05, 0) is 48.2 Å². The largest absolute Gasteiger partial charge is 0.492 e. The highest BCUT2D eigenvalue weighted by molar-refractivity contribution is 5.78. The van der Waals surface area contributed by atoms with Crippen molar-refractivity contribution < 1.29 is 19.0 Å². The molecule has 0 bridgehead atoms. The summed E-state index contributed by atoms with van der Waals surface area (Å²) in [5.41, 5.74) is 4.79. The number of nitriles is 1. The molecule has 182 valence electrons. The number of aromatic nitrogens is 2. The smallest absolute Gasteiger partial charge is 0.250 e. The zero-order valence-corrected chi connectivity index (χ0v) is 19.6. The van der Waals surface area contributed by atoms with E-state index in [1.165, 1.54) is 13.2 Å². The number of ether oxygens (including phenoxy) is 2. The Kier molecular flexibility index (Phi) is 6.77. The molecule has 0 saturated carbocycles. The summed E-state index contributed by atoms with van der Waals surface area (Å²) in [5, 5.41) is 23.7. The molecule has 2 N–H and O–H groups in total. The highest BCUT2D eigenvalue weighted by Crippen LogP contribution is 2.30. The van der Waals surface area contributed by atoms with Crippen LogP contribution in [0, 0.1) is 17.1 Å². The fraction of sp³-hybridized carbons (Fsp3) is 0.423. The highest BCUT2D eigenvalue weighted by Gasteiger charge is 2.27. The number of nitrogens with one attached hydrogen (secondary N) is 1. The van der Waals surface area contributed by atoms with E-state index in [0.29, 0.717) is 48.5 Å². The molecule has 3 aromatic rings. The van der Waals surface area contributed by atoms with Gasteiger partial charge in [0, 0.05) is 44.4 Å². The molecule has 1 fully saturated rings. The standard InChI is InChI=1S/C26H28FN5O3/c1-34-26-20(27)12-22-24(31-26)17(2-6-29-22)3-7-32-8-4-21(23(33)15-32)30-14-16-10-18-5-9-35-25(18)19(11-16)13-28/h2,6,10-12,21,23,30,33H,3-5,7-9,14-15H2,1H3/t21-,23+/m1/s1. The fourth-order valence-electron chi connectivity index (χ4n) is 4.95. The second-order valence-corrected chi connectivity index (χ2v) is 9.05. The predicted molar refractivity (Wildman–Crippen MR) is 128 cm³/mol. The number of nitrogens with zero attached hydrogens (tertiary/aromatic N) is 4. The molecule has 0 spiro atoms. The van der Waals surface area contributed by atoms with E-state index in [9.17, 15) is 14.8 Å². The third kappa shape index (κ3) is 4.91. The zero-order chi connectivity index (χ0) is 24.4. The van der Waals surface area contributed by atoms with Gasteiger partial charge in [0.25, 0.3) is 5.88 Å². The highest BCUT2D eigenvalue weighted by atomic mass is 19.1. The Hall–Kier alpha value is -3.32. The van der Waals surface area contributed by atoms with Gasteiger partial charge in [-0.15, -0.1) is 0 Å². The molecule has 0 unspecified atom stereocenters. The lowest BCUT2D eigenvalue weighted by atomic mass is 9.99. The minimum atomic E-state index is -0.528. The molecular weight excluding hydrogens is 449 g/mol. The van der Waals surface area contributed by atoms with E-state index < -0.39 is 11.9 Å². The number of rotatable bonds is 7. The normalized spacial score (nSPS) is 19.8. The maximum atomic E-state index is 14.0. The van der Waals surface area contributed by atoms with Crippen LogP contribution < -0.4 is 14.8 Å². The average Bonchev–Trinajstić information content (AvgIpc) is 3.34. The molecule has 2 atom stereocenters. The van der Waals surface area contributed by atoms with Crippen LogP contribution in [-0.2, 0) is 19.4 Å². The molecule has 0 radical (unpaired) electrons. The monoisotopic (exact) mass is 477 g/mol. The lowest BCUT2D eigenvalue weighted by Crippen LogP contribution is -2.52. The third-order valence-electron chi connectivity index (χ3n) is 6.81. The number of pyridine rings is 2. The van der Waals surface area contributed by atoms with E-state index in [4.69, 9.17) is 9.47 Å². The van der Waals surface area contributed by atoms with Crippen LogP contribution in [0.2, 0.25) is 0 Å². The first-order valence-corrected chi connectivity index (χ1v) is 11.9. The Labute approximate surface area is 203 Å². The zero-order valence-electron chi connectivity index (χ0n) is 19.6. The van der Waals surface area contributed by atoms with Crippen molar-refractivity contribution in [3.05, 3.63) is 58.5 Å². The van der Waals surface area contributed by atoms with Gasteiger partial charge in [-0.3, -0.25) is 4.98 Å². The van der Waals surface area contributed by atoms with E-state index >= 15 is 0 Å². The summed E-state index contributed by atoms with van der Waals surface area (Å²) in [6.45, 7) is 3.38. The lowest BCUT2D eigenvalue weighted by Gasteiger charge is -2.36. The fourth-order valence-corrected chi connectivity index (χ4v) is 4.95. The van der Waals surface area contributed by atoms with E-state index in [1.54, 1.807) is 6.20 Å². The molecule has 1 aromatic carbocycles. The van der Waals surface area contributed by atoms with Gasteiger partial charge in [-0.1, -0.05) is 6.07 Å². The van der Waals surface area contributed by atoms with Crippen LogP contribution >= 0.6 is 0 Å². The molecule has 2 aromatic heterocycles. The molecule has 2 aliphatic heterocycles. The van der Waals surface area contributed by atoms with Gasteiger partial charge in [0.2, 0.25) is 0 Å². The third-order valence-corrected chi connectivity index (χ3v) is 6.81. The first-order chi connectivity index (χ1) is 17.1. The molecule has 5 rings (SSSR count). The molecule has 2 aliphatic rings. The number of piperidine rings is 1. The van der Waals surface area contributed by atoms with Gasteiger partial charge >= 0.3 is 0 Å². The molecule has 1 saturated heterocycles.